The molecule has 1 aliphatic rings. The minimum Gasteiger partial charge on any atom is -0.343 e. The minimum atomic E-state index is -0.0579. The second-order valence-corrected chi connectivity index (χ2v) is 8.39. The summed E-state index contributed by atoms with van der Waals surface area (Å²) in [7, 11) is 0. The van der Waals surface area contributed by atoms with Gasteiger partial charge in [-0.15, -0.1) is 11.8 Å². The van der Waals surface area contributed by atoms with Crippen molar-refractivity contribution in [1.82, 2.24) is 14.7 Å². The zero-order chi connectivity index (χ0) is 19.9. The molecule has 1 N–H and O–H groups in total. The van der Waals surface area contributed by atoms with Crippen LogP contribution in [0.3, 0.4) is 0 Å². The molecule has 1 saturated heterocycles. The third-order valence-electron chi connectivity index (χ3n) is 4.84. The van der Waals surface area contributed by atoms with Gasteiger partial charge in [-0.3, -0.25) is 14.3 Å². The van der Waals surface area contributed by atoms with Gasteiger partial charge in [0, 0.05) is 53.8 Å². The van der Waals surface area contributed by atoms with Crippen molar-refractivity contribution in [2.24, 2.45) is 5.92 Å². The van der Waals surface area contributed by atoms with E-state index in [1.165, 1.54) is 0 Å². The van der Waals surface area contributed by atoms with Gasteiger partial charge >= 0.3 is 0 Å². The molecular formula is C20H25ClN4O2S. The topological polar surface area (TPSA) is 67.2 Å². The molecule has 0 atom stereocenters. The van der Waals surface area contributed by atoms with E-state index in [4.69, 9.17) is 11.6 Å². The fraction of sp³-hybridized carbons (Fsp3) is 0.450. The van der Waals surface area contributed by atoms with E-state index < -0.39 is 0 Å². The van der Waals surface area contributed by atoms with Gasteiger partial charge in [-0.25, -0.2) is 0 Å². The quantitative estimate of drug-likeness (QED) is 0.689. The van der Waals surface area contributed by atoms with Crippen molar-refractivity contribution in [3.05, 3.63) is 41.7 Å². The molecule has 0 bridgehead atoms. The number of aromatic nitrogens is 2. The molecule has 1 aliphatic heterocycles. The number of hydrogen-bond donors (Lipinski definition) is 1. The van der Waals surface area contributed by atoms with Gasteiger partial charge in [0.25, 0.3) is 0 Å². The Morgan fingerprint density at radius 2 is 1.96 bits per heavy atom. The molecule has 2 heterocycles. The van der Waals surface area contributed by atoms with Gasteiger partial charge in [0.15, 0.2) is 0 Å². The van der Waals surface area contributed by atoms with Crippen LogP contribution >= 0.6 is 23.4 Å². The third kappa shape index (κ3) is 5.75. The molecule has 2 amide bonds. The smallest absolute Gasteiger partial charge is 0.227 e. The average molecular weight is 421 g/mol. The number of halogens is 1. The summed E-state index contributed by atoms with van der Waals surface area (Å²) in [6.07, 6.45) is 5.39. The van der Waals surface area contributed by atoms with Crippen molar-refractivity contribution in [1.29, 1.82) is 0 Å². The van der Waals surface area contributed by atoms with Crippen LogP contribution in [0.4, 0.5) is 5.69 Å². The standard InChI is InChI=1S/C20H25ClN4O2S/c1-2-25-14-17(13-22-25)23-20(27)15-7-10-24(11-8-15)19(26)9-12-28-18-5-3-16(21)4-6-18/h3-6,13-15H,2,7-12H2,1H3,(H,23,27). The number of benzene rings is 1. The Balaban J connectivity index is 1.38. The summed E-state index contributed by atoms with van der Waals surface area (Å²) in [5.74, 6) is 0.852. The largest absolute Gasteiger partial charge is 0.343 e. The van der Waals surface area contributed by atoms with Gasteiger partial charge in [0.1, 0.15) is 0 Å². The van der Waals surface area contributed by atoms with E-state index in [2.05, 4.69) is 10.4 Å². The van der Waals surface area contributed by atoms with Gasteiger partial charge in [0.05, 0.1) is 11.9 Å². The first-order valence-corrected chi connectivity index (χ1v) is 10.9. The summed E-state index contributed by atoms with van der Waals surface area (Å²) in [5, 5.41) is 7.81. The molecule has 2 aromatic rings. The maximum absolute atomic E-state index is 12.4. The maximum Gasteiger partial charge on any atom is 0.227 e. The SMILES string of the molecule is CCn1cc(NC(=O)C2CCN(C(=O)CCSc3ccc(Cl)cc3)CC2)cn1. The van der Waals surface area contributed by atoms with Crippen LogP contribution in [0.5, 0.6) is 0 Å². The second kappa shape index (κ2) is 9.98. The molecule has 0 unspecified atom stereocenters. The molecule has 1 aromatic heterocycles. The van der Waals surface area contributed by atoms with Gasteiger partial charge in [-0.1, -0.05) is 11.6 Å². The van der Waals surface area contributed by atoms with Crippen molar-refractivity contribution in [2.45, 2.75) is 37.6 Å². The number of likely N-dealkylation sites (tertiary alicyclic amines) is 1. The second-order valence-electron chi connectivity index (χ2n) is 6.78. The predicted molar refractivity (Wildman–Crippen MR) is 113 cm³/mol. The first-order valence-electron chi connectivity index (χ1n) is 9.54. The number of carbonyl (C=O) groups is 2. The summed E-state index contributed by atoms with van der Waals surface area (Å²) >= 11 is 7.54. The minimum absolute atomic E-state index is 0.0149. The van der Waals surface area contributed by atoms with Gasteiger partial charge in [0.2, 0.25) is 11.8 Å². The number of thioether (sulfide) groups is 1. The number of nitrogens with one attached hydrogen (secondary N) is 1. The summed E-state index contributed by atoms with van der Waals surface area (Å²) in [4.78, 5) is 27.8. The lowest BCUT2D eigenvalue weighted by Gasteiger charge is -2.31. The van der Waals surface area contributed by atoms with Crippen molar-refractivity contribution >= 4 is 40.9 Å². The highest BCUT2D eigenvalue weighted by molar-refractivity contribution is 7.99. The highest BCUT2D eigenvalue weighted by Gasteiger charge is 2.27. The number of aryl methyl sites for hydroxylation is 1. The third-order valence-corrected chi connectivity index (χ3v) is 6.11. The predicted octanol–water partition coefficient (Wildman–Crippen LogP) is 3.92. The van der Waals surface area contributed by atoms with Crippen LogP contribution < -0.4 is 5.32 Å². The number of carbonyl (C=O) groups excluding carboxylic acids is 2. The zero-order valence-corrected chi connectivity index (χ0v) is 17.5. The number of piperidine rings is 1. The van der Waals surface area contributed by atoms with E-state index in [9.17, 15) is 9.59 Å². The van der Waals surface area contributed by atoms with Gasteiger partial charge < -0.3 is 10.2 Å². The molecule has 0 saturated carbocycles. The average Bonchev–Trinajstić information content (AvgIpc) is 3.17. The highest BCUT2D eigenvalue weighted by Crippen LogP contribution is 2.23. The van der Waals surface area contributed by atoms with Crippen LogP contribution in [-0.2, 0) is 16.1 Å². The van der Waals surface area contributed by atoms with Crippen molar-refractivity contribution < 1.29 is 9.59 Å². The monoisotopic (exact) mass is 420 g/mol. The van der Waals surface area contributed by atoms with Crippen molar-refractivity contribution in [3.63, 3.8) is 0 Å². The zero-order valence-electron chi connectivity index (χ0n) is 15.9. The van der Waals surface area contributed by atoms with Crippen LogP contribution in [-0.4, -0.2) is 45.3 Å². The number of hydrogen-bond acceptors (Lipinski definition) is 4. The fourth-order valence-corrected chi connectivity index (χ4v) is 4.15. The molecular weight excluding hydrogens is 396 g/mol. The van der Waals surface area contributed by atoms with Crippen molar-refractivity contribution in [2.75, 3.05) is 24.2 Å². The molecule has 0 aliphatic carbocycles. The summed E-state index contributed by atoms with van der Waals surface area (Å²) in [6.45, 7) is 4.04. The van der Waals surface area contributed by atoms with E-state index in [0.29, 0.717) is 37.4 Å². The molecule has 8 heteroatoms. The van der Waals surface area contributed by atoms with E-state index in [0.717, 1.165) is 22.9 Å². The van der Waals surface area contributed by atoms with Crippen molar-refractivity contribution in [3.8, 4) is 0 Å². The highest BCUT2D eigenvalue weighted by atomic mass is 35.5. The molecule has 6 nitrogen and oxygen atoms in total. The Labute approximate surface area is 174 Å². The fourth-order valence-electron chi connectivity index (χ4n) is 3.18. The normalized spacial score (nSPS) is 14.9. The van der Waals surface area contributed by atoms with Crippen LogP contribution in [0.1, 0.15) is 26.2 Å². The molecule has 1 fully saturated rings. The van der Waals surface area contributed by atoms with E-state index >= 15 is 0 Å². The first kappa shape index (κ1) is 20.7. The Hall–Kier alpha value is -1.99. The Morgan fingerprint density at radius 1 is 1.25 bits per heavy atom. The molecule has 150 valence electrons. The van der Waals surface area contributed by atoms with Gasteiger partial charge in [-0.2, -0.15) is 5.10 Å². The van der Waals surface area contributed by atoms with E-state index in [1.54, 1.807) is 22.6 Å². The summed E-state index contributed by atoms with van der Waals surface area (Å²) < 4.78 is 1.78. The molecule has 28 heavy (non-hydrogen) atoms. The summed E-state index contributed by atoms with van der Waals surface area (Å²) in [6, 6.07) is 7.64. The lowest BCUT2D eigenvalue weighted by Crippen LogP contribution is -2.41. The molecule has 3 rings (SSSR count). The number of anilines is 1. The summed E-state index contributed by atoms with van der Waals surface area (Å²) in [5.41, 5.74) is 0.726. The number of amides is 2. The van der Waals surface area contributed by atoms with E-state index in [-0.39, 0.29) is 17.7 Å². The molecule has 1 aromatic carbocycles. The Morgan fingerprint density at radius 3 is 2.61 bits per heavy atom. The van der Waals surface area contributed by atoms with Crippen LogP contribution in [0, 0.1) is 5.92 Å². The molecule has 0 radical (unpaired) electrons. The Bertz CT molecular complexity index is 801. The maximum atomic E-state index is 12.4. The van der Waals surface area contributed by atoms with E-state index in [1.807, 2.05) is 42.3 Å². The molecule has 0 spiro atoms. The lowest BCUT2D eigenvalue weighted by molar-refractivity contribution is -0.134. The lowest BCUT2D eigenvalue weighted by atomic mass is 9.95. The van der Waals surface area contributed by atoms with Gasteiger partial charge in [-0.05, 0) is 44.0 Å². The van der Waals surface area contributed by atoms with Crippen LogP contribution in [0.15, 0.2) is 41.6 Å². The number of rotatable bonds is 7. The van der Waals surface area contributed by atoms with Crippen LogP contribution in [0.25, 0.3) is 0 Å². The van der Waals surface area contributed by atoms with Crippen LogP contribution in [0.2, 0.25) is 5.02 Å². The first-order chi connectivity index (χ1) is 13.5. The number of nitrogens with zero attached hydrogens (tertiary/aromatic N) is 3. The Kier molecular flexibility index (Phi) is 7.39.